The number of benzene rings is 1. The van der Waals surface area contributed by atoms with Crippen LogP contribution >= 0.6 is 15.6 Å². The second-order valence-electron chi connectivity index (χ2n) is 5.95. The van der Waals surface area contributed by atoms with Crippen LogP contribution in [0.15, 0.2) is 18.2 Å². The lowest BCUT2D eigenvalue weighted by Crippen LogP contribution is -2.31. The van der Waals surface area contributed by atoms with E-state index >= 15 is 0 Å². The number of carbonyl (C=O) groups is 1. The van der Waals surface area contributed by atoms with Gasteiger partial charge in [0.2, 0.25) is 0 Å². The molecule has 2 atom stereocenters. The molecule has 12 nitrogen and oxygen atoms in total. The van der Waals surface area contributed by atoms with Crippen molar-refractivity contribution in [2.75, 3.05) is 26.7 Å². The first-order valence-electron chi connectivity index (χ1n) is 7.91. The summed E-state index contributed by atoms with van der Waals surface area (Å²) in [5.74, 6) is -0.00796. The summed E-state index contributed by atoms with van der Waals surface area (Å²) in [6.07, 6.45) is 0.215. The number of aldehydes is 1. The highest BCUT2D eigenvalue weighted by molar-refractivity contribution is 7.66. The van der Waals surface area contributed by atoms with Crippen LogP contribution in [0.5, 0.6) is 5.75 Å². The predicted octanol–water partition coefficient (Wildman–Crippen LogP) is 1.06. The van der Waals surface area contributed by atoms with Crippen LogP contribution in [0.1, 0.15) is 23.2 Å². The monoisotopic (exact) mass is 439 g/mol. The molecule has 0 radical (unpaired) electrons. The highest BCUT2D eigenvalue weighted by Crippen LogP contribution is 2.61. The van der Waals surface area contributed by atoms with Crippen molar-refractivity contribution < 1.29 is 43.4 Å². The van der Waals surface area contributed by atoms with Crippen LogP contribution in [0, 0.1) is 10.1 Å². The van der Waals surface area contributed by atoms with Crippen molar-refractivity contribution in [3.63, 3.8) is 0 Å². The molecule has 0 fully saturated rings. The van der Waals surface area contributed by atoms with E-state index in [0.29, 0.717) is 19.3 Å². The lowest BCUT2D eigenvalue weighted by Gasteiger charge is -2.21. The molecule has 28 heavy (non-hydrogen) atoms. The zero-order chi connectivity index (χ0) is 21.5. The Morgan fingerprint density at radius 1 is 1.39 bits per heavy atom. The first-order valence-corrected chi connectivity index (χ1v) is 10.7. The Labute approximate surface area is 160 Å². The fourth-order valence-corrected chi connectivity index (χ4v) is 3.77. The number of nitro benzene ring substituents is 1. The van der Waals surface area contributed by atoms with Gasteiger partial charge in [-0.05, 0) is 30.2 Å². The zero-order valence-electron chi connectivity index (χ0n) is 14.9. The molecule has 1 aromatic rings. The van der Waals surface area contributed by atoms with E-state index in [4.69, 9.17) is 19.4 Å². The van der Waals surface area contributed by atoms with Crippen molar-refractivity contribution in [1.82, 2.24) is 4.90 Å². The lowest BCUT2D eigenvalue weighted by molar-refractivity contribution is -0.385. The van der Waals surface area contributed by atoms with Crippen molar-refractivity contribution >= 4 is 27.6 Å². The van der Waals surface area contributed by atoms with Crippen molar-refractivity contribution in [2.24, 2.45) is 0 Å². The zero-order valence-corrected chi connectivity index (χ0v) is 16.7. The maximum Gasteiger partial charge on any atom is 0.554 e. The predicted molar refractivity (Wildman–Crippen MR) is 97.5 cm³/mol. The summed E-state index contributed by atoms with van der Waals surface area (Å²) in [4.78, 5) is 49.7. The van der Waals surface area contributed by atoms with Gasteiger partial charge >= 0.3 is 26.4 Å². The van der Waals surface area contributed by atoms with Crippen LogP contribution in [0.4, 0.5) is 5.69 Å². The number of ether oxygens (including phenoxy) is 1. The Hall–Kier alpha value is -1.78. The van der Waals surface area contributed by atoms with E-state index < -0.39 is 32.1 Å². The minimum atomic E-state index is -5.21. The van der Waals surface area contributed by atoms with E-state index in [0.717, 1.165) is 6.07 Å². The van der Waals surface area contributed by atoms with Gasteiger partial charge < -0.3 is 24.5 Å². The molecule has 0 aliphatic heterocycles. The molecule has 0 saturated heterocycles. The van der Waals surface area contributed by atoms with Gasteiger partial charge in [0.05, 0.1) is 18.0 Å². The number of nitrogens with zero attached hydrogens (tertiary/aromatic N) is 2. The van der Waals surface area contributed by atoms with E-state index in [1.165, 1.54) is 12.1 Å². The topological polar surface area (TPSA) is 188 Å². The van der Waals surface area contributed by atoms with E-state index in [9.17, 15) is 29.1 Å². The molecule has 0 bridgehead atoms. The fraction of sp³-hybridized carbons (Fsp3) is 0.500. The van der Waals surface area contributed by atoms with Gasteiger partial charge in [-0.1, -0.05) is 0 Å². The van der Waals surface area contributed by atoms with Gasteiger partial charge in [0.15, 0.2) is 5.75 Å². The second kappa shape index (κ2) is 10.1. The highest BCUT2D eigenvalue weighted by atomic mass is 31.2. The molecule has 0 saturated carbocycles. The highest BCUT2D eigenvalue weighted by Gasteiger charge is 2.62. The molecule has 0 aliphatic carbocycles. The molecule has 0 spiro atoms. The molecule has 0 aliphatic rings. The van der Waals surface area contributed by atoms with Crippen LogP contribution in [-0.2, 0) is 9.13 Å². The number of hydrogen-bond acceptors (Lipinski definition) is 8. The third-order valence-corrected chi connectivity index (χ3v) is 7.15. The minimum Gasteiger partial charge on any atom is -0.487 e. The van der Waals surface area contributed by atoms with Crippen molar-refractivity contribution in [2.45, 2.75) is 17.9 Å². The minimum absolute atomic E-state index is 0.00796. The van der Waals surface area contributed by atoms with Gasteiger partial charge in [-0.25, -0.2) is 0 Å². The molecule has 0 amide bonds. The lowest BCUT2D eigenvalue weighted by atomic mass is 10.2. The van der Waals surface area contributed by atoms with Crippen LogP contribution in [0.2, 0.25) is 0 Å². The van der Waals surface area contributed by atoms with E-state index in [2.05, 4.69) is 0 Å². The second-order valence-corrected chi connectivity index (χ2v) is 9.42. The van der Waals surface area contributed by atoms with Gasteiger partial charge in [-0.3, -0.25) is 19.5 Å². The fourth-order valence-electron chi connectivity index (χ4n) is 2.19. The molecule has 14 heteroatoms. The normalized spacial score (nSPS) is 14.4. The quantitative estimate of drug-likeness (QED) is 0.120. The molecular formula is C14H21N2O10P2+. The summed E-state index contributed by atoms with van der Waals surface area (Å²) in [5.41, 5.74) is -0.213. The third kappa shape index (κ3) is 6.39. The van der Waals surface area contributed by atoms with Crippen molar-refractivity contribution in [3.8, 4) is 5.75 Å². The summed E-state index contributed by atoms with van der Waals surface area (Å²) in [6, 6.07) is 3.78. The number of carbonyl (C=O) groups excluding carboxylic acids is 1. The Morgan fingerprint density at radius 2 is 2.04 bits per heavy atom. The molecule has 2 unspecified atom stereocenters. The van der Waals surface area contributed by atoms with E-state index in [1.54, 1.807) is 11.9 Å². The molecule has 1 aromatic carbocycles. The summed E-state index contributed by atoms with van der Waals surface area (Å²) in [6.45, 7) is 0.305. The Kier molecular flexibility index (Phi) is 8.77. The molecule has 0 aromatic heterocycles. The Bertz CT molecular complexity index is 783. The van der Waals surface area contributed by atoms with Crippen molar-refractivity contribution in [3.05, 3.63) is 33.9 Å². The van der Waals surface area contributed by atoms with Crippen molar-refractivity contribution in [1.29, 1.82) is 0 Å². The smallest absolute Gasteiger partial charge is 0.487 e. The SMILES string of the molecule is CN(CCCOc1ccc(C=O)cc1[N+](=O)[O-])CCC(O)([P+](=O)O)P(=O)(O)O. The van der Waals surface area contributed by atoms with Gasteiger partial charge in [0, 0.05) is 24.7 Å². The van der Waals surface area contributed by atoms with E-state index in [-0.39, 0.29) is 30.2 Å². The molecule has 0 heterocycles. The first-order chi connectivity index (χ1) is 12.9. The van der Waals surface area contributed by atoms with E-state index in [1.807, 2.05) is 0 Å². The maximum absolute atomic E-state index is 11.2. The number of hydrogen-bond donors (Lipinski definition) is 4. The third-order valence-electron chi connectivity index (χ3n) is 3.86. The van der Waals surface area contributed by atoms with Gasteiger partial charge in [0.1, 0.15) is 6.29 Å². The maximum atomic E-state index is 11.2. The molecule has 4 N–H and O–H groups in total. The average Bonchev–Trinajstić information content (AvgIpc) is 2.61. The summed E-state index contributed by atoms with van der Waals surface area (Å²) >= 11 is 0. The first kappa shape index (κ1) is 24.3. The average molecular weight is 439 g/mol. The summed E-state index contributed by atoms with van der Waals surface area (Å²) in [7, 11) is -7.17. The van der Waals surface area contributed by atoms with Gasteiger partial charge in [0.25, 0.3) is 0 Å². The summed E-state index contributed by atoms with van der Waals surface area (Å²) in [5, 5.41) is 17.8. The largest absolute Gasteiger partial charge is 0.554 e. The molecule has 1 rings (SSSR count). The number of nitro groups is 1. The Morgan fingerprint density at radius 3 is 2.54 bits per heavy atom. The molecular weight excluding hydrogens is 418 g/mol. The van der Waals surface area contributed by atoms with Crippen LogP contribution in [-0.4, -0.2) is 67.7 Å². The number of rotatable bonds is 12. The van der Waals surface area contributed by atoms with Crippen LogP contribution < -0.4 is 4.74 Å². The van der Waals surface area contributed by atoms with Gasteiger partial charge in [-0.15, -0.1) is 0 Å². The van der Waals surface area contributed by atoms with Crippen LogP contribution in [0.25, 0.3) is 0 Å². The van der Waals surface area contributed by atoms with Crippen LogP contribution in [0.3, 0.4) is 0 Å². The van der Waals surface area contributed by atoms with Gasteiger partial charge in [-0.2, -0.15) is 4.89 Å². The molecule has 156 valence electrons. The Balaban J connectivity index is 2.55. The number of aliphatic hydroxyl groups is 1. The summed E-state index contributed by atoms with van der Waals surface area (Å²) < 4.78 is 27.7. The standard InChI is InChI=1S/C14H20N2O10P2/c1-15(7-5-14(18,27(21)22)28(23,24)25)6-2-8-26-13-4-3-11(10-17)9-12(13)16(19)20/h3-4,9-10,18H,2,5-8H2,1H3,(H2-,21,22,23,24,25)/p+1.